The van der Waals surface area contributed by atoms with Gasteiger partial charge >= 0.3 is 0 Å². The van der Waals surface area contributed by atoms with Crippen LogP contribution < -0.4 is 11.1 Å². The van der Waals surface area contributed by atoms with E-state index in [1.807, 2.05) is 24.3 Å². The van der Waals surface area contributed by atoms with Crippen LogP contribution in [0.3, 0.4) is 0 Å². The van der Waals surface area contributed by atoms with Crippen LogP contribution in [-0.4, -0.2) is 15.9 Å². The minimum absolute atomic E-state index is 0.00419. The minimum atomic E-state index is 0.00419. The Labute approximate surface area is 127 Å². The lowest BCUT2D eigenvalue weighted by Crippen LogP contribution is -2.26. The highest BCUT2D eigenvalue weighted by Crippen LogP contribution is 2.47. The molecule has 0 bridgehead atoms. The molecule has 1 heterocycles. The molecule has 3 N–H and O–H groups in total. The van der Waals surface area contributed by atoms with Crippen molar-refractivity contribution in [3.8, 4) is 0 Å². The van der Waals surface area contributed by atoms with Gasteiger partial charge in [0.05, 0.1) is 6.54 Å². The summed E-state index contributed by atoms with van der Waals surface area (Å²) in [7, 11) is 0. The number of benzene rings is 1. The Hall–Kier alpha value is -2.14. The van der Waals surface area contributed by atoms with Crippen molar-refractivity contribution in [2.75, 3.05) is 5.73 Å². The van der Waals surface area contributed by atoms with E-state index in [4.69, 9.17) is 17.3 Å². The molecule has 1 aromatic heterocycles. The van der Waals surface area contributed by atoms with Crippen LogP contribution in [0, 0.1) is 5.92 Å². The van der Waals surface area contributed by atoms with Gasteiger partial charge in [-0.1, -0.05) is 23.7 Å². The van der Waals surface area contributed by atoms with Crippen LogP contribution in [-0.2, 0) is 11.3 Å². The highest BCUT2D eigenvalue weighted by atomic mass is 35.5. The Morgan fingerprint density at radius 1 is 1.43 bits per heavy atom. The van der Waals surface area contributed by atoms with Crippen molar-refractivity contribution in [2.45, 2.75) is 18.9 Å². The van der Waals surface area contributed by atoms with Gasteiger partial charge in [-0.3, -0.25) is 4.79 Å². The number of nitrogens with zero attached hydrogens (tertiary/aromatic N) is 2. The van der Waals surface area contributed by atoms with Crippen LogP contribution in [0.15, 0.2) is 36.5 Å². The number of amides is 1. The minimum Gasteiger partial charge on any atom is -0.384 e. The molecule has 3 rings (SSSR count). The average molecular weight is 303 g/mol. The first-order valence-corrected chi connectivity index (χ1v) is 7.12. The van der Waals surface area contributed by atoms with Crippen molar-refractivity contribution in [1.29, 1.82) is 0 Å². The van der Waals surface area contributed by atoms with Crippen molar-refractivity contribution in [1.82, 2.24) is 15.3 Å². The van der Waals surface area contributed by atoms with Crippen LogP contribution in [0.4, 0.5) is 5.82 Å². The predicted octanol–water partition coefficient (Wildman–Crippen LogP) is 2.13. The smallest absolute Gasteiger partial charge is 0.224 e. The summed E-state index contributed by atoms with van der Waals surface area (Å²) in [5, 5.41) is 3.55. The maximum Gasteiger partial charge on any atom is 0.224 e. The van der Waals surface area contributed by atoms with Gasteiger partial charge in [-0.2, -0.15) is 0 Å². The second-order valence-corrected chi connectivity index (χ2v) is 5.56. The Morgan fingerprint density at radius 3 is 3.05 bits per heavy atom. The van der Waals surface area contributed by atoms with E-state index in [9.17, 15) is 4.79 Å². The van der Waals surface area contributed by atoms with E-state index in [0.29, 0.717) is 23.2 Å². The van der Waals surface area contributed by atoms with Crippen LogP contribution in [0.2, 0.25) is 5.02 Å². The lowest BCUT2D eigenvalue weighted by Gasteiger charge is -2.05. The lowest BCUT2D eigenvalue weighted by molar-refractivity contribution is -0.122. The highest BCUT2D eigenvalue weighted by molar-refractivity contribution is 6.30. The monoisotopic (exact) mass is 302 g/mol. The van der Waals surface area contributed by atoms with E-state index in [2.05, 4.69) is 15.3 Å². The van der Waals surface area contributed by atoms with Gasteiger partial charge in [-0.25, -0.2) is 9.97 Å². The highest BCUT2D eigenvalue weighted by Gasteiger charge is 2.43. The Morgan fingerprint density at radius 2 is 2.29 bits per heavy atom. The average Bonchev–Trinajstić information content (AvgIpc) is 3.25. The predicted molar refractivity (Wildman–Crippen MR) is 80.6 cm³/mol. The van der Waals surface area contributed by atoms with Crippen LogP contribution in [0.5, 0.6) is 0 Å². The summed E-state index contributed by atoms with van der Waals surface area (Å²) >= 11 is 5.97. The molecule has 2 atom stereocenters. The van der Waals surface area contributed by atoms with Crippen molar-refractivity contribution in [3.05, 3.63) is 52.9 Å². The molecule has 1 aliphatic rings. The first kappa shape index (κ1) is 13.8. The van der Waals surface area contributed by atoms with E-state index in [0.717, 1.165) is 12.0 Å². The quantitative estimate of drug-likeness (QED) is 0.906. The number of hydrogen-bond donors (Lipinski definition) is 2. The number of nitrogens with one attached hydrogen (secondary N) is 1. The molecule has 0 unspecified atom stereocenters. The third-order valence-corrected chi connectivity index (χ3v) is 3.79. The molecule has 1 aliphatic carbocycles. The number of anilines is 1. The number of carbonyl (C=O) groups is 1. The van der Waals surface area contributed by atoms with Crippen molar-refractivity contribution >= 4 is 23.3 Å². The molecule has 0 spiro atoms. The molecule has 21 heavy (non-hydrogen) atoms. The van der Waals surface area contributed by atoms with Gasteiger partial charge < -0.3 is 11.1 Å². The van der Waals surface area contributed by atoms with Gasteiger partial charge in [-0.15, -0.1) is 0 Å². The fraction of sp³-hybridized carbons (Fsp3) is 0.267. The number of hydrogen-bond acceptors (Lipinski definition) is 4. The fourth-order valence-electron chi connectivity index (χ4n) is 2.39. The maximum atomic E-state index is 12.1. The molecule has 1 aromatic carbocycles. The second kappa shape index (κ2) is 5.69. The standard InChI is InChI=1S/C15H15ClN4O/c16-10-3-1-2-9(6-10)11-7-12(11)15(21)19-8-14-18-5-4-13(17)20-14/h1-6,11-12H,7-8H2,(H,19,21)(H2,17,18,20)/t11-,12+/m1/s1. The first-order valence-electron chi connectivity index (χ1n) is 6.74. The summed E-state index contributed by atoms with van der Waals surface area (Å²) in [6, 6.07) is 9.28. The summed E-state index contributed by atoms with van der Waals surface area (Å²) in [5.74, 6) is 1.20. The topological polar surface area (TPSA) is 80.9 Å². The molecule has 2 aromatic rings. The van der Waals surface area contributed by atoms with Gasteiger partial charge in [-0.05, 0) is 36.1 Å². The summed E-state index contributed by atoms with van der Waals surface area (Å²) in [6.45, 7) is 0.294. The van der Waals surface area contributed by atoms with E-state index in [1.165, 1.54) is 0 Å². The third-order valence-electron chi connectivity index (χ3n) is 3.55. The fourth-order valence-corrected chi connectivity index (χ4v) is 2.59. The van der Waals surface area contributed by atoms with E-state index in [-0.39, 0.29) is 17.7 Å². The molecule has 6 heteroatoms. The first-order chi connectivity index (χ1) is 10.1. The number of nitrogens with two attached hydrogens (primary N) is 1. The summed E-state index contributed by atoms with van der Waals surface area (Å²) in [4.78, 5) is 20.2. The normalized spacial score (nSPS) is 20.0. The number of carbonyl (C=O) groups excluding carboxylic acids is 1. The number of aromatic nitrogens is 2. The zero-order valence-corrected chi connectivity index (χ0v) is 12.0. The largest absolute Gasteiger partial charge is 0.384 e. The molecule has 0 saturated heterocycles. The number of halogens is 1. The van der Waals surface area contributed by atoms with Crippen LogP contribution in [0.25, 0.3) is 0 Å². The number of nitrogen functional groups attached to an aromatic ring is 1. The zero-order valence-electron chi connectivity index (χ0n) is 11.3. The summed E-state index contributed by atoms with van der Waals surface area (Å²) in [5.41, 5.74) is 6.69. The van der Waals surface area contributed by atoms with Crippen molar-refractivity contribution in [3.63, 3.8) is 0 Å². The molecule has 1 amide bonds. The number of rotatable bonds is 4. The summed E-state index contributed by atoms with van der Waals surface area (Å²) < 4.78 is 0. The van der Waals surface area contributed by atoms with Crippen molar-refractivity contribution in [2.24, 2.45) is 5.92 Å². The van der Waals surface area contributed by atoms with Crippen LogP contribution >= 0.6 is 11.6 Å². The molecule has 108 valence electrons. The van der Waals surface area contributed by atoms with Gasteiger partial charge in [0, 0.05) is 17.1 Å². The molecule has 0 radical (unpaired) electrons. The Balaban J connectivity index is 1.56. The Bertz CT molecular complexity index is 676. The lowest BCUT2D eigenvalue weighted by atomic mass is 10.1. The summed E-state index contributed by atoms with van der Waals surface area (Å²) in [6.07, 6.45) is 2.43. The third kappa shape index (κ3) is 3.31. The van der Waals surface area contributed by atoms with Gasteiger partial charge in [0.2, 0.25) is 5.91 Å². The molecule has 5 nitrogen and oxygen atoms in total. The SMILES string of the molecule is Nc1ccnc(CNC(=O)[C@H]2C[C@@H]2c2cccc(Cl)c2)n1. The van der Waals surface area contributed by atoms with Gasteiger partial charge in [0.15, 0.2) is 0 Å². The van der Waals surface area contributed by atoms with Gasteiger partial charge in [0.25, 0.3) is 0 Å². The Kier molecular flexibility index (Phi) is 3.75. The molecule has 0 aliphatic heterocycles. The van der Waals surface area contributed by atoms with Gasteiger partial charge in [0.1, 0.15) is 11.6 Å². The molecule has 1 saturated carbocycles. The second-order valence-electron chi connectivity index (χ2n) is 5.12. The van der Waals surface area contributed by atoms with E-state index < -0.39 is 0 Å². The molecular formula is C15H15ClN4O. The van der Waals surface area contributed by atoms with E-state index in [1.54, 1.807) is 12.3 Å². The van der Waals surface area contributed by atoms with Crippen LogP contribution in [0.1, 0.15) is 23.7 Å². The van der Waals surface area contributed by atoms with Crippen molar-refractivity contribution < 1.29 is 4.79 Å². The van der Waals surface area contributed by atoms with E-state index >= 15 is 0 Å². The zero-order chi connectivity index (χ0) is 14.8. The molecule has 1 fully saturated rings. The maximum absolute atomic E-state index is 12.1. The molecular weight excluding hydrogens is 288 g/mol.